The highest BCUT2D eigenvalue weighted by Gasteiger charge is 2.21. The number of carbonyl (C=O) groups excluding carboxylic acids is 2. The number of nitrogens with zero attached hydrogens (tertiary/aromatic N) is 1. The number of thiophene rings is 1. The van der Waals surface area contributed by atoms with Crippen LogP contribution in [0.25, 0.3) is 16.5 Å². The molecule has 1 aromatic heterocycles. The zero-order valence-electron chi connectivity index (χ0n) is 16.4. The Bertz CT molecular complexity index is 1050. The van der Waals surface area contributed by atoms with E-state index in [9.17, 15) is 9.59 Å². The standard InChI is InChI=1S/C24H22N2O3S/c27-23(13-11-19-10-12-22(30-19)18-6-2-1-3-7-18)25-21-9-5-4-8-20(21)24(28)26-14-16-29-17-15-26/h1-13H,14-17H2,(H,25,27). The Morgan fingerprint density at radius 3 is 2.47 bits per heavy atom. The fourth-order valence-corrected chi connectivity index (χ4v) is 4.16. The smallest absolute Gasteiger partial charge is 0.256 e. The van der Waals surface area contributed by atoms with Gasteiger partial charge in [0.05, 0.1) is 24.5 Å². The van der Waals surface area contributed by atoms with Gasteiger partial charge in [0.15, 0.2) is 0 Å². The first-order valence-electron chi connectivity index (χ1n) is 9.81. The van der Waals surface area contributed by atoms with E-state index in [-0.39, 0.29) is 11.8 Å². The monoisotopic (exact) mass is 418 g/mol. The highest BCUT2D eigenvalue weighted by Crippen LogP contribution is 2.28. The van der Waals surface area contributed by atoms with Crippen LogP contribution in [0.3, 0.4) is 0 Å². The van der Waals surface area contributed by atoms with Gasteiger partial charge in [-0.05, 0) is 35.9 Å². The Morgan fingerprint density at radius 1 is 0.933 bits per heavy atom. The SMILES string of the molecule is O=C(C=Cc1ccc(-c2ccccc2)s1)Nc1ccccc1C(=O)N1CCOCC1. The maximum absolute atomic E-state index is 12.8. The van der Waals surface area contributed by atoms with Gasteiger partial charge in [0.2, 0.25) is 5.91 Å². The molecule has 30 heavy (non-hydrogen) atoms. The van der Waals surface area contributed by atoms with Crippen molar-refractivity contribution in [3.8, 4) is 10.4 Å². The van der Waals surface area contributed by atoms with E-state index < -0.39 is 0 Å². The normalized spacial score (nSPS) is 14.1. The molecule has 152 valence electrons. The molecule has 2 heterocycles. The molecule has 3 aromatic rings. The van der Waals surface area contributed by atoms with E-state index in [1.54, 1.807) is 46.6 Å². The lowest BCUT2D eigenvalue weighted by atomic mass is 10.1. The minimum Gasteiger partial charge on any atom is -0.378 e. The molecule has 2 amide bonds. The quantitative estimate of drug-likeness (QED) is 0.619. The summed E-state index contributed by atoms with van der Waals surface area (Å²) >= 11 is 1.62. The number of ether oxygens (including phenoxy) is 1. The molecule has 0 bridgehead atoms. The summed E-state index contributed by atoms with van der Waals surface area (Å²) in [6.07, 6.45) is 3.29. The van der Waals surface area contributed by atoms with Crippen molar-refractivity contribution in [1.82, 2.24) is 4.90 Å². The first-order chi connectivity index (χ1) is 14.7. The summed E-state index contributed by atoms with van der Waals surface area (Å²) in [6, 6.07) is 21.3. The number of hydrogen-bond acceptors (Lipinski definition) is 4. The molecule has 2 aromatic carbocycles. The van der Waals surface area contributed by atoms with Crippen LogP contribution in [0.4, 0.5) is 5.69 Å². The molecule has 0 spiro atoms. The molecule has 4 rings (SSSR count). The van der Waals surface area contributed by atoms with Crippen LogP contribution in [0.15, 0.2) is 72.8 Å². The first kappa shape index (κ1) is 20.1. The van der Waals surface area contributed by atoms with Crippen LogP contribution >= 0.6 is 11.3 Å². The maximum Gasteiger partial charge on any atom is 0.256 e. The van der Waals surface area contributed by atoms with Gasteiger partial charge in [-0.15, -0.1) is 11.3 Å². The summed E-state index contributed by atoms with van der Waals surface area (Å²) in [6.45, 7) is 2.19. The Morgan fingerprint density at radius 2 is 1.67 bits per heavy atom. The van der Waals surface area contributed by atoms with Gasteiger partial charge in [-0.1, -0.05) is 42.5 Å². The molecule has 0 radical (unpaired) electrons. The van der Waals surface area contributed by atoms with Crippen LogP contribution in [-0.2, 0) is 9.53 Å². The summed E-state index contributed by atoms with van der Waals surface area (Å²) in [5, 5.41) is 2.84. The number of nitrogens with one attached hydrogen (secondary N) is 1. The molecule has 6 heteroatoms. The summed E-state index contributed by atoms with van der Waals surface area (Å²) in [4.78, 5) is 29.2. The Hall–Kier alpha value is -3.22. The van der Waals surface area contributed by atoms with E-state index >= 15 is 0 Å². The van der Waals surface area contributed by atoms with Gasteiger partial charge in [-0.2, -0.15) is 0 Å². The number of amides is 2. The van der Waals surface area contributed by atoms with Gasteiger partial charge >= 0.3 is 0 Å². The van der Waals surface area contributed by atoms with E-state index in [1.165, 1.54) is 6.08 Å². The summed E-state index contributed by atoms with van der Waals surface area (Å²) in [5.74, 6) is -0.365. The molecule has 1 fully saturated rings. The molecule has 0 aliphatic carbocycles. The first-order valence-corrected chi connectivity index (χ1v) is 10.6. The molecule has 0 atom stereocenters. The fourth-order valence-electron chi connectivity index (χ4n) is 3.25. The van der Waals surface area contributed by atoms with Gasteiger partial charge in [-0.3, -0.25) is 9.59 Å². The molecule has 1 N–H and O–H groups in total. The molecular weight excluding hydrogens is 396 g/mol. The molecule has 1 aliphatic rings. The van der Waals surface area contributed by atoms with Crippen molar-refractivity contribution in [2.75, 3.05) is 31.6 Å². The lowest BCUT2D eigenvalue weighted by Gasteiger charge is -2.27. The second-order valence-corrected chi connectivity index (χ2v) is 7.96. The van der Waals surface area contributed by atoms with Crippen molar-refractivity contribution in [1.29, 1.82) is 0 Å². The van der Waals surface area contributed by atoms with Gasteiger partial charge in [0.25, 0.3) is 5.91 Å². The predicted molar refractivity (Wildman–Crippen MR) is 121 cm³/mol. The number of benzene rings is 2. The predicted octanol–water partition coefficient (Wildman–Crippen LogP) is 4.54. The lowest BCUT2D eigenvalue weighted by molar-refractivity contribution is -0.111. The Kier molecular flexibility index (Phi) is 6.37. The summed E-state index contributed by atoms with van der Waals surface area (Å²) < 4.78 is 5.31. The number of hydrogen-bond donors (Lipinski definition) is 1. The van der Waals surface area contributed by atoms with E-state index in [0.29, 0.717) is 37.6 Å². The molecule has 0 unspecified atom stereocenters. The van der Waals surface area contributed by atoms with E-state index in [2.05, 4.69) is 17.4 Å². The minimum absolute atomic E-state index is 0.0936. The van der Waals surface area contributed by atoms with Gasteiger partial charge in [-0.25, -0.2) is 0 Å². The molecule has 0 saturated carbocycles. The zero-order valence-corrected chi connectivity index (χ0v) is 17.2. The Labute approximate surface area is 179 Å². The van der Waals surface area contributed by atoms with Gasteiger partial charge < -0.3 is 15.0 Å². The van der Waals surface area contributed by atoms with Crippen LogP contribution < -0.4 is 5.32 Å². The highest BCUT2D eigenvalue weighted by atomic mass is 32.1. The van der Waals surface area contributed by atoms with Crippen molar-refractivity contribution in [2.24, 2.45) is 0 Å². The van der Waals surface area contributed by atoms with Crippen molar-refractivity contribution >= 4 is 34.9 Å². The molecule has 1 saturated heterocycles. The van der Waals surface area contributed by atoms with Crippen molar-refractivity contribution in [2.45, 2.75) is 0 Å². The average Bonchev–Trinajstić information content (AvgIpc) is 3.28. The number of carbonyl (C=O) groups is 2. The topological polar surface area (TPSA) is 58.6 Å². The summed E-state index contributed by atoms with van der Waals surface area (Å²) in [5.41, 5.74) is 2.16. The fraction of sp³-hybridized carbons (Fsp3) is 0.167. The molecular formula is C24H22N2O3S. The van der Waals surface area contributed by atoms with E-state index in [0.717, 1.165) is 15.3 Å². The lowest BCUT2D eigenvalue weighted by Crippen LogP contribution is -2.41. The maximum atomic E-state index is 12.8. The van der Waals surface area contributed by atoms with Crippen LogP contribution in [0.1, 0.15) is 15.2 Å². The third-order valence-corrected chi connectivity index (χ3v) is 5.90. The number of para-hydroxylation sites is 1. The van der Waals surface area contributed by atoms with E-state index in [1.807, 2.05) is 30.3 Å². The third-order valence-electron chi connectivity index (χ3n) is 4.80. The highest BCUT2D eigenvalue weighted by molar-refractivity contribution is 7.16. The van der Waals surface area contributed by atoms with Crippen molar-refractivity contribution < 1.29 is 14.3 Å². The molecule has 5 nitrogen and oxygen atoms in total. The van der Waals surface area contributed by atoms with Crippen molar-refractivity contribution in [3.63, 3.8) is 0 Å². The molecule has 1 aliphatic heterocycles. The summed E-state index contributed by atoms with van der Waals surface area (Å²) in [7, 11) is 0. The number of rotatable bonds is 5. The number of anilines is 1. The third kappa shape index (κ3) is 4.84. The van der Waals surface area contributed by atoms with Crippen LogP contribution in [0, 0.1) is 0 Å². The Balaban J connectivity index is 1.43. The minimum atomic E-state index is -0.271. The van der Waals surface area contributed by atoms with Crippen LogP contribution in [0.2, 0.25) is 0 Å². The zero-order chi connectivity index (χ0) is 20.8. The van der Waals surface area contributed by atoms with Crippen molar-refractivity contribution in [3.05, 3.63) is 83.2 Å². The second kappa shape index (κ2) is 9.52. The van der Waals surface area contributed by atoms with Gasteiger partial charge in [0, 0.05) is 28.9 Å². The average molecular weight is 419 g/mol. The largest absolute Gasteiger partial charge is 0.378 e. The van der Waals surface area contributed by atoms with E-state index in [4.69, 9.17) is 4.74 Å². The van der Waals surface area contributed by atoms with Crippen LogP contribution in [0.5, 0.6) is 0 Å². The number of morpholine rings is 1. The van der Waals surface area contributed by atoms with Gasteiger partial charge in [0.1, 0.15) is 0 Å². The van der Waals surface area contributed by atoms with Crippen LogP contribution in [-0.4, -0.2) is 43.0 Å². The second-order valence-electron chi connectivity index (χ2n) is 6.84.